The van der Waals surface area contributed by atoms with Gasteiger partial charge in [-0.2, -0.15) is 0 Å². The molecule has 23 heavy (non-hydrogen) atoms. The van der Waals surface area contributed by atoms with Crippen molar-refractivity contribution in [3.8, 4) is 0 Å². The summed E-state index contributed by atoms with van der Waals surface area (Å²) in [5.41, 5.74) is 1.87. The van der Waals surface area contributed by atoms with Crippen molar-refractivity contribution >= 4 is 17.8 Å². The molecule has 0 aromatic carbocycles. The van der Waals surface area contributed by atoms with E-state index in [2.05, 4.69) is 25.3 Å². The molecule has 8 nitrogen and oxygen atoms in total. The van der Waals surface area contributed by atoms with E-state index in [1.54, 1.807) is 4.90 Å². The zero-order valence-corrected chi connectivity index (χ0v) is 12.9. The maximum Gasteiger partial charge on any atom is 0.274 e. The molecule has 2 aromatic rings. The molecule has 0 radical (unpaired) electrons. The molecule has 1 saturated heterocycles. The zero-order chi connectivity index (χ0) is 16.4. The number of likely N-dealkylation sites (tertiary alicyclic amines) is 1. The lowest BCUT2D eigenvalue weighted by Crippen LogP contribution is -2.54. The summed E-state index contributed by atoms with van der Waals surface area (Å²) in [6.45, 7) is 4.39. The van der Waals surface area contributed by atoms with Crippen LogP contribution in [0.25, 0.3) is 0 Å². The van der Waals surface area contributed by atoms with Crippen molar-refractivity contribution < 1.29 is 9.59 Å². The Morgan fingerprint density at radius 1 is 1.17 bits per heavy atom. The summed E-state index contributed by atoms with van der Waals surface area (Å²) in [6, 6.07) is 1.83. The summed E-state index contributed by atoms with van der Waals surface area (Å²) in [7, 11) is 0. The van der Waals surface area contributed by atoms with Crippen molar-refractivity contribution in [2.24, 2.45) is 5.92 Å². The first-order valence-corrected chi connectivity index (χ1v) is 7.21. The summed E-state index contributed by atoms with van der Waals surface area (Å²) >= 11 is 0. The van der Waals surface area contributed by atoms with Gasteiger partial charge in [-0.05, 0) is 19.9 Å². The third kappa shape index (κ3) is 3.31. The number of nitrogens with zero attached hydrogens (tertiary/aromatic N) is 5. The highest BCUT2D eigenvalue weighted by Gasteiger charge is 2.36. The fraction of sp³-hybridized carbons (Fsp3) is 0.333. The summed E-state index contributed by atoms with van der Waals surface area (Å²) in [5, 5.41) is 2.70. The third-order valence-corrected chi connectivity index (χ3v) is 3.54. The van der Waals surface area contributed by atoms with Gasteiger partial charge in [-0.3, -0.25) is 19.9 Å². The highest BCUT2D eigenvalue weighted by atomic mass is 16.2. The van der Waals surface area contributed by atoms with Gasteiger partial charge in [0.2, 0.25) is 11.9 Å². The van der Waals surface area contributed by atoms with E-state index >= 15 is 0 Å². The van der Waals surface area contributed by atoms with Gasteiger partial charge in [-0.15, -0.1) is 0 Å². The Morgan fingerprint density at radius 2 is 1.87 bits per heavy atom. The van der Waals surface area contributed by atoms with E-state index in [4.69, 9.17) is 0 Å². The number of rotatable bonds is 3. The Morgan fingerprint density at radius 3 is 2.48 bits per heavy atom. The predicted octanol–water partition coefficient (Wildman–Crippen LogP) is 0.594. The van der Waals surface area contributed by atoms with E-state index in [0.29, 0.717) is 19.0 Å². The number of nitrogens with one attached hydrogen (secondary N) is 1. The van der Waals surface area contributed by atoms with Gasteiger partial charge in [0.15, 0.2) is 0 Å². The number of carbonyl (C=O) groups excluding carboxylic acids is 2. The number of carbonyl (C=O) groups is 2. The molecule has 1 N–H and O–H groups in total. The van der Waals surface area contributed by atoms with Crippen LogP contribution in [-0.2, 0) is 4.79 Å². The first-order valence-electron chi connectivity index (χ1n) is 7.21. The molecule has 0 saturated carbocycles. The topological polar surface area (TPSA) is 101 Å². The molecule has 0 spiro atoms. The molecule has 1 aliphatic rings. The van der Waals surface area contributed by atoms with E-state index in [1.165, 1.54) is 18.6 Å². The maximum atomic E-state index is 12.2. The quantitative estimate of drug-likeness (QED) is 0.890. The summed E-state index contributed by atoms with van der Waals surface area (Å²) in [5.74, 6) is -0.366. The van der Waals surface area contributed by atoms with Crippen LogP contribution in [0.15, 0.2) is 24.7 Å². The van der Waals surface area contributed by atoms with Crippen LogP contribution in [0.5, 0.6) is 0 Å². The summed E-state index contributed by atoms with van der Waals surface area (Å²) in [6.07, 6.45) is 4.39. The average molecular weight is 312 g/mol. The number of amides is 2. The molecule has 2 amide bonds. The number of hydrogen-bond acceptors (Lipinski definition) is 6. The molecule has 0 atom stereocenters. The minimum atomic E-state index is -0.264. The highest BCUT2D eigenvalue weighted by molar-refractivity contribution is 5.96. The van der Waals surface area contributed by atoms with Crippen LogP contribution in [0.3, 0.4) is 0 Å². The minimum absolute atomic E-state index is 0.182. The minimum Gasteiger partial charge on any atom is -0.336 e. The lowest BCUT2D eigenvalue weighted by molar-refractivity contribution is -0.123. The molecule has 2 aromatic heterocycles. The van der Waals surface area contributed by atoms with Crippen LogP contribution in [0.2, 0.25) is 0 Å². The first kappa shape index (κ1) is 15.0. The molecular weight excluding hydrogens is 296 g/mol. The van der Waals surface area contributed by atoms with Gasteiger partial charge in [-0.25, -0.2) is 15.0 Å². The lowest BCUT2D eigenvalue weighted by atomic mass is 9.99. The number of aryl methyl sites for hydroxylation is 2. The Kier molecular flexibility index (Phi) is 3.96. The van der Waals surface area contributed by atoms with Gasteiger partial charge in [0.25, 0.3) is 5.91 Å². The molecule has 118 valence electrons. The van der Waals surface area contributed by atoms with Crippen molar-refractivity contribution in [1.82, 2.24) is 24.8 Å². The van der Waals surface area contributed by atoms with Crippen LogP contribution < -0.4 is 5.32 Å². The standard InChI is InChI=1S/C15H16N6O2/c1-9-5-10(2)19-15(18-9)20-13(22)11-7-21(8-11)14(23)12-6-16-3-4-17-12/h3-6,11H,7-8H2,1-2H3,(H,18,19,20,22). The van der Waals surface area contributed by atoms with Gasteiger partial charge >= 0.3 is 0 Å². The largest absolute Gasteiger partial charge is 0.336 e. The maximum absolute atomic E-state index is 12.2. The van der Waals surface area contributed by atoms with Crippen LogP contribution >= 0.6 is 0 Å². The van der Waals surface area contributed by atoms with Crippen LogP contribution in [0.4, 0.5) is 5.95 Å². The molecule has 1 aliphatic heterocycles. The number of hydrogen-bond donors (Lipinski definition) is 1. The predicted molar refractivity (Wildman–Crippen MR) is 81.6 cm³/mol. The molecule has 8 heteroatoms. The van der Waals surface area contributed by atoms with Crippen LogP contribution in [0, 0.1) is 19.8 Å². The summed E-state index contributed by atoms with van der Waals surface area (Å²) < 4.78 is 0. The van der Waals surface area contributed by atoms with E-state index in [9.17, 15) is 9.59 Å². The van der Waals surface area contributed by atoms with Gasteiger partial charge in [0.05, 0.1) is 12.1 Å². The van der Waals surface area contributed by atoms with Crippen molar-refractivity contribution in [2.75, 3.05) is 18.4 Å². The molecule has 0 unspecified atom stereocenters. The van der Waals surface area contributed by atoms with E-state index in [-0.39, 0.29) is 23.4 Å². The Bertz CT molecular complexity index is 723. The molecular formula is C15H16N6O2. The van der Waals surface area contributed by atoms with Crippen LogP contribution in [-0.4, -0.2) is 49.7 Å². The fourth-order valence-electron chi connectivity index (χ4n) is 2.38. The van der Waals surface area contributed by atoms with Crippen molar-refractivity contribution in [2.45, 2.75) is 13.8 Å². The van der Waals surface area contributed by atoms with Gasteiger partial charge in [-0.1, -0.05) is 0 Å². The van der Waals surface area contributed by atoms with Crippen molar-refractivity contribution in [3.63, 3.8) is 0 Å². The fourth-order valence-corrected chi connectivity index (χ4v) is 2.38. The SMILES string of the molecule is Cc1cc(C)nc(NC(=O)C2CN(C(=O)c3cnccn3)C2)n1. The van der Waals surface area contributed by atoms with E-state index < -0.39 is 0 Å². The second-order valence-corrected chi connectivity index (χ2v) is 5.46. The van der Waals surface area contributed by atoms with Gasteiger partial charge < -0.3 is 4.90 Å². The summed E-state index contributed by atoms with van der Waals surface area (Å²) in [4.78, 5) is 42.0. The highest BCUT2D eigenvalue weighted by Crippen LogP contribution is 2.19. The molecule has 0 bridgehead atoms. The third-order valence-electron chi connectivity index (χ3n) is 3.54. The second-order valence-electron chi connectivity index (χ2n) is 5.46. The molecule has 3 rings (SSSR count). The first-order chi connectivity index (χ1) is 11.0. The van der Waals surface area contributed by atoms with Crippen molar-refractivity contribution in [1.29, 1.82) is 0 Å². The Hall–Kier alpha value is -2.90. The molecule has 0 aliphatic carbocycles. The van der Waals surface area contributed by atoms with Gasteiger partial charge in [0, 0.05) is 36.9 Å². The smallest absolute Gasteiger partial charge is 0.274 e. The normalized spacial score (nSPS) is 14.3. The Balaban J connectivity index is 1.57. The van der Waals surface area contributed by atoms with Crippen molar-refractivity contribution in [3.05, 3.63) is 41.7 Å². The monoisotopic (exact) mass is 312 g/mol. The van der Waals surface area contributed by atoms with Gasteiger partial charge in [0.1, 0.15) is 5.69 Å². The zero-order valence-electron chi connectivity index (χ0n) is 12.9. The average Bonchev–Trinajstić information content (AvgIpc) is 2.45. The lowest BCUT2D eigenvalue weighted by Gasteiger charge is -2.37. The molecule has 1 fully saturated rings. The molecule has 3 heterocycles. The number of aromatic nitrogens is 4. The van der Waals surface area contributed by atoms with E-state index in [0.717, 1.165) is 11.4 Å². The number of anilines is 1. The Labute approximate surface area is 133 Å². The van der Waals surface area contributed by atoms with E-state index in [1.807, 2.05) is 19.9 Å². The van der Waals surface area contributed by atoms with Crippen LogP contribution in [0.1, 0.15) is 21.9 Å². The second kappa shape index (κ2) is 6.07.